The highest BCUT2D eigenvalue weighted by molar-refractivity contribution is 6.04. The molecule has 5 heteroatoms. The number of fused-ring (bicyclic) bond motifs is 1. The number of nitrogens with zero attached hydrogens (tertiary/aromatic N) is 2. The lowest BCUT2D eigenvalue weighted by atomic mass is 10.2. The van der Waals surface area contributed by atoms with Crippen LogP contribution in [0.25, 0.3) is 5.65 Å². The molecule has 2 heterocycles. The maximum absolute atomic E-state index is 12.5. The number of hydrogen-bond acceptors (Lipinski definition) is 3. The first-order chi connectivity index (χ1) is 12.7. The van der Waals surface area contributed by atoms with Gasteiger partial charge in [0.1, 0.15) is 5.65 Å². The molecule has 0 atom stereocenters. The highest BCUT2D eigenvalue weighted by atomic mass is 16.1. The number of aryl methyl sites for hydroxylation is 1. The van der Waals surface area contributed by atoms with Crippen LogP contribution in [0.3, 0.4) is 0 Å². The summed E-state index contributed by atoms with van der Waals surface area (Å²) >= 11 is 0. The highest BCUT2D eigenvalue weighted by Crippen LogP contribution is 2.19. The predicted molar refractivity (Wildman–Crippen MR) is 104 cm³/mol. The van der Waals surface area contributed by atoms with E-state index >= 15 is 0 Å². The zero-order valence-corrected chi connectivity index (χ0v) is 14.3. The van der Waals surface area contributed by atoms with Crippen molar-refractivity contribution in [3.05, 3.63) is 90.4 Å². The van der Waals surface area contributed by atoms with E-state index in [2.05, 4.69) is 15.6 Å². The van der Waals surface area contributed by atoms with Gasteiger partial charge in [-0.2, -0.15) is 0 Å². The first-order valence-electron chi connectivity index (χ1n) is 8.36. The number of nitrogens with one attached hydrogen (secondary N) is 2. The Bertz CT molecular complexity index is 1050. The summed E-state index contributed by atoms with van der Waals surface area (Å²) in [4.78, 5) is 16.9. The second-order valence-electron chi connectivity index (χ2n) is 6.09. The Balaban J connectivity index is 1.46. The summed E-state index contributed by atoms with van der Waals surface area (Å²) in [6.07, 6.45) is 3.77. The second-order valence-corrected chi connectivity index (χ2v) is 6.09. The largest absolute Gasteiger partial charge is 0.356 e. The van der Waals surface area contributed by atoms with Crippen molar-refractivity contribution in [3.63, 3.8) is 0 Å². The number of pyridine rings is 1. The van der Waals surface area contributed by atoms with Crippen LogP contribution >= 0.6 is 0 Å². The Hall–Kier alpha value is -3.60. The van der Waals surface area contributed by atoms with Gasteiger partial charge in [-0.05, 0) is 55.5 Å². The number of para-hydroxylation sites is 1. The molecule has 0 fully saturated rings. The fraction of sp³-hybridized carbons (Fsp3) is 0.0476. The molecular formula is C21H18N4O. The molecule has 5 nitrogen and oxygen atoms in total. The summed E-state index contributed by atoms with van der Waals surface area (Å²) in [6.45, 7) is 1.93. The van der Waals surface area contributed by atoms with Gasteiger partial charge < -0.3 is 15.0 Å². The number of aromatic nitrogens is 2. The predicted octanol–water partition coefficient (Wildman–Crippen LogP) is 4.64. The van der Waals surface area contributed by atoms with Crippen LogP contribution in [0.4, 0.5) is 17.1 Å². The summed E-state index contributed by atoms with van der Waals surface area (Å²) < 4.78 is 1.90. The molecule has 0 bridgehead atoms. The van der Waals surface area contributed by atoms with Crippen molar-refractivity contribution in [3.8, 4) is 0 Å². The van der Waals surface area contributed by atoms with Crippen LogP contribution in [0.5, 0.6) is 0 Å². The van der Waals surface area contributed by atoms with Crippen molar-refractivity contribution in [2.24, 2.45) is 0 Å². The van der Waals surface area contributed by atoms with Gasteiger partial charge >= 0.3 is 0 Å². The van der Waals surface area contributed by atoms with Gasteiger partial charge in [0.25, 0.3) is 5.91 Å². The van der Waals surface area contributed by atoms with E-state index in [1.807, 2.05) is 78.3 Å². The quantitative estimate of drug-likeness (QED) is 0.568. The van der Waals surface area contributed by atoms with Crippen LogP contribution < -0.4 is 10.6 Å². The van der Waals surface area contributed by atoms with Crippen LogP contribution in [0.2, 0.25) is 0 Å². The Kier molecular flexibility index (Phi) is 4.11. The maximum Gasteiger partial charge on any atom is 0.255 e. The summed E-state index contributed by atoms with van der Waals surface area (Å²) in [7, 11) is 0. The molecule has 128 valence electrons. The van der Waals surface area contributed by atoms with E-state index < -0.39 is 0 Å². The lowest BCUT2D eigenvalue weighted by molar-refractivity contribution is 0.102. The number of anilines is 3. The zero-order valence-electron chi connectivity index (χ0n) is 14.3. The highest BCUT2D eigenvalue weighted by Gasteiger charge is 2.08. The van der Waals surface area contributed by atoms with Crippen LogP contribution in [-0.4, -0.2) is 15.3 Å². The van der Waals surface area contributed by atoms with E-state index in [1.165, 1.54) is 0 Å². The molecule has 2 aromatic carbocycles. The molecule has 1 amide bonds. The fourth-order valence-corrected chi connectivity index (χ4v) is 2.78. The van der Waals surface area contributed by atoms with Gasteiger partial charge in [0.15, 0.2) is 0 Å². The van der Waals surface area contributed by atoms with Crippen molar-refractivity contribution in [2.45, 2.75) is 6.92 Å². The monoisotopic (exact) mass is 342 g/mol. The summed E-state index contributed by atoms with van der Waals surface area (Å²) in [5.74, 6) is -0.156. The average Bonchev–Trinajstić information content (AvgIpc) is 3.03. The Morgan fingerprint density at radius 3 is 2.38 bits per heavy atom. The van der Waals surface area contributed by atoms with E-state index in [0.29, 0.717) is 5.56 Å². The average molecular weight is 342 g/mol. The lowest BCUT2D eigenvalue weighted by Crippen LogP contribution is -2.12. The third-order valence-corrected chi connectivity index (χ3v) is 4.05. The standard InChI is InChI=1S/C21H18N4O/c1-15-14-25-12-11-16(13-20(25)22-15)21(26)24-19-9-7-18(8-10-19)23-17-5-3-2-4-6-17/h2-14,23H,1H3,(H,24,26). The summed E-state index contributed by atoms with van der Waals surface area (Å²) in [5, 5.41) is 6.23. The summed E-state index contributed by atoms with van der Waals surface area (Å²) in [5.41, 5.74) is 4.99. The third kappa shape index (κ3) is 3.42. The van der Waals surface area contributed by atoms with E-state index in [1.54, 1.807) is 12.1 Å². The molecule has 0 aliphatic carbocycles. The first kappa shape index (κ1) is 15.9. The van der Waals surface area contributed by atoms with Gasteiger partial charge in [0.05, 0.1) is 5.69 Å². The Labute approximate surface area is 151 Å². The van der Waals surface area contributed by atoms with Gasteiger partial charge in [-0.15, -0.1) is 0 Å². The van der Waals surface area contributed by atoms with Crippen LogP contribution in [0.1, 0.15) is 16.1 Å². The van der Waals surface area contributed by atoms with Crippen molar-refractivity contribution >= 4 is 28.6 Å². The minimum absolute atomic E-state index is 0.156. The number of rotatable bonds is 4. The number of imidazole rings is 1. The Morgan fingerprint density at radius 1 is 0.923 bits per heavy atom. The molecule has 0 saturated heterocycles. The Morgan fingerprint density at radius 2 is 1.62 bits per heavy atom. The van der Waals surface area contributed by atoms with Gasteiger partial charge in [-0.1, -0.05) is 18.2 Å². The fourth-order valence-electron chi connectivity index (χ4n) is 2.78. The zero-order chi connectivity index (χ0) is 17.9. The van der Waals surface area contributed by atoms with Gasteiger partial charge in [0.2, 0.25) is 0 Å². The smallest absolute Gasteiger partial charge is 0.255 e. The van der Waals surface area contributed by atoms with Crippen molar-refractivity contribution in [1.29, 1.82) is 0 Å². The number of hydrogen-bond donors (Lipinski definition) is 2. The molecule has 26 heavy (non-hydrogen) atoms. The van der Waals surface area contributed by atoms with Crippen molar-refractivity contribution < 1.29 is 4.79 Å². The minimum Gasteiger partial charge on any atom is -0.356 e. The molecule has 4 rings (SSSR count). The molecule has 0 aliphatic heterocycles. The molecule has 0 unspecified atom stereocenters. The SMILES string of the molecule is Cc1cn2ccc(C(=O)Nc3ccc(Nc4ccccc4)cc3)cc2n1. The number of carbonyl (C=O) groups excluding carboxylic acids is 1. The summed E-state index contributed by atoms with van der Waals surface area (Å²) in [6, 6.07) is 21.1. The molecule has 2 aromatic heterocycles. The number of benzene rings is 2. The first-order valence-corrected chi connectivity index (χ1v) is 8.36. The van der Waals surface area contributed by atoms with E-state index in [-0.39, 0.29) is 5.91 Å². The van der Waals surface area contributed by atoms with Crippen LogP contribution in [0, 0.1) is 6.92 Å². The van der Waals surface area contributed by atoms with Gasteiger partial charge in [0, 0.05) is 35.0 Å². The lowest BCUT2D eigenvalue weighted by Gasteiger charge is -2.09. The topological polar surface area (TPSA) is 58.4 Å². The van der Waals surface area contributed by atoms with E-state index in [4.69, 9.17) is 0 Å². The molecule has 0 radical (unpaired) electrons. The number of carbonyl (C=O) groups is 1. The normalized spacial score (nSPS) is 10.7. The van der Waals surface area contributed by atoms with Crippen LogP contribution in [0.15, 0.2) is 79.1 Å². The molecular weight excluding hydrogens is 324 g/mol. The van der Waals surface area contributed by atoms with E-state index in [9.17, 15) is 4.79 Å². The molecule has 4 aromatic rings. The molecule has 0 saturated carbocycles. The molecule has 0 spiro atoms. The maximum atomic E-state index is 12.5. The molecule has 2 N–H and O–H groups in total. The van der Waals surface area contributed by atoms with E-state index in [0.717, 1.165) is 28.4 Å². The van der Waals surface area contributed by atoms with Gasteiger partial charge in [-0.3, -0.25) is 4.79 Å². The third-order valence-electron chi connectivity index (χ3n) is 4.05. The number of amides is 1. The van der Waals surface area contributed by atoms with Crippen molar-refractivity contribution in [2.75, 3.05) is 10.6 Å². The van der Waals surface area contributed by atoms with Crippen molar-refractivity contribution in [1.82, 2.24) is 9.38 Å². The van der Waals surface area contributed by atoms with Crippen LogP contribution in [-0.2, 0) is 0 Å². The molecule has 0 aliphatic rings. The van der Waals surface area contributed by atoms with Gasteiger partial charge in [-0.25, -0.2) is 4.98 Å². The minimum atomic E-state index is -0.156. The second kappa shape index (κ2) is 6.72.